The predicted octanol–water partition coefficient (Wildman–Crippen LogP) is 1.07. The lowest BCUT2D eigenvalue weighted by molar-refractivity contribution is -0.119. The van der Waals surface area contributed by atoms with E-state index in [2.05, 4.69) is 27.8 Å². The average Bonchev–Trinajstić information content (AvgIpc) is 1.82. The molecule has 3 heteroatoms. The first-order valence-electron chi connectivity index (χ1n) is 2.71. The van der Waals surface area contributed by atoms with Crippen molar-refractivity contribution in [1.82, 2.24) is 5.32 Å². The zero-order chi connectivity index (χ0) is 7.28. The van der Waals surface area contributed by atoms with Gasteiger partial charge in [0.2, 0.25) is 5.91 Å². The highest BCUT2D eigenvalue weighted by atomic mass is 79.9. The van der Waals surface area contributed by atoms with Crippen LogP contribution in [0.2, 0.25) is 0 Å². The molecule has 0 aromatic rings. The van der Waals surface area contributed by atoms with Crippen LogP contribution in [0.15, 0.2) is 12.7 Å². The Balaban J connectivity index is 3.38. The summed E-state index contributed by atoms with van der Waals surface area (Å²) in [5.74, 6) is -0.00472. The Bertz CT molecular complexity index is 112. The van der Waals surface area contributed by atoms with Gasteiger partial charge in [-0.05, 0) is 6.92 Å². The molecule has 0 spiro atoms. The average molecular weight is 192 g/mol. The number of alkyl halides is 1. The van der Waals surface area contributed by atoms with E-state index < -0.39 is 0 Å². The largest absolute Gasteiger partial charge is 0.352 e. The van der Waals surface area contributed by atoms with Crippen molar-refractivity contribution in [3.8, 4) is 0 Å². The number of amides is 1. The van der Waals surface area contributed by atoms with Gasteiger partial charge in [-0.25, -0.2) is 0 Å². The number of carbonyl (C=O) groups excluding carboxylic acids is 1. The first-order chi connectivity index (χ1) is 4.18. The molecule has 0 rings (SSSR count). The summed E-state index contributed by atoms with van der Waals surface area (Å²) in [6.07, 6.45) is 1.65. The minimum Gasteiger partial charge on any atom is -0.352 e. The Morgan fingerprint density at radius 1 is 2.00 bits per heavy atom. The normalized spacial score (nSPS) is 12.2. The summed E-state index contributed by atoms with van der Waals surface area (Å²) >= 11 is 3.12. The number of nitrogens with one attached hydrogen (secondary N) is 1. The molecule has 1 N–H and O–H groups in total. The van der Waals surface area contributed by atoms with Crippen molar-refractivity contribution in [2.24, 2.45) is 0 Å². The molecule has 52 valence electrons. The summed E-state index contributed by atoms with van der Waals surface area (Å²) in [7, 11) is 0. The highest BCUT2D eigenvalue weighted by molar-refractivity contribution is 9.10. The molecule has 0 bridgehead atoms. The molecule has 0 aliphatic carbocycles. The molecular formula is C6H10BrNO. The summed E-state index contributed by atoms with van der Waals surface area (Å²) in [4.78, 5) is 10.6. The molecule has 0 aliphatic heterocycles. The standard InChI is InChI=1S/C6H10BrNO/c1-3-4-8-6(9)5(2)7/h3,5H,1,4H2,2H3,(H,8,9). The summed E-state index contributed by atoms with van der Waals surface area (Å²) in [5, 5.41) is 2.63. The van der Waals surface area contributed by atoms with Crippen LogP contribution >= 0.6 is 15.9 Å². The highest BCUT2D eigenvalue weighted by Crippen LogP contribution is 1.94. The molecule has 0 aromatic carbocycles. The Morgan fingerprint density at radius 3 is 2.89 bits per heavy atom. The molecule has 0 radical (unpaired) electrons. The Hall–Kier alpha value is -0.310. The molecule has 0 heterocycles. The van der Waals surface area contributed by atoms with Gasteiger partial charge in [0.05, 0.1) is 4.83 Å². The van der Waals surface area contributed by atoms with Crippen molar-refractivity contribution in [2.45, 2.75) is 11.8 Å². The minimum atomic E-state index is -0.113. The lowest BCUT2D eigenvalue weighted by Gasteiger charge is -2.01. The monoisotopic (exact) mass is 191 g/mol. The third-order valence-corrected chi connectivity index (χ3v) is 1.20. The van der Waals surface area contributed by atoms with Gasteiger partial charge in [0.25, 0.3) is 0 Å². The Labute approximate surface area is 63.5 Å². The van der Waals surface area contributed by atoms with Gasteiger partial charge in [0.15, 0.2) is 0 Å². The Kier molecular flexibility index (Phi) is 4.40. The number of hydrogen-bond acceptors (Lipinski definition) is 1. The minimum absolute atomic E-state index is 0.00472. The maximum absolute atomic E-state index is 10.7. The fourth-order valence-corrected chi connectivity index (χ4v) is 0.475. The molecule has 0 aromatic heterocycles. The molecular weight excluding hydrogens is 182 g/mol. The quantitative estimate of drug-likeness (QED) is 0.526. The second-order valence-electron chi connectivity index (χ2n) is 1.65. The number of rotatable bonds is 3. The van der Waals surface area contributed by atoms with E-state index in [-0.39, 0.29) is 10.7 Å². The van der Waals surface area contributed by atoms with Crippen LogP contribution in [0.4, 0.5) is 0 Å². The smallest absolute Gasteiger partial charge is 0.233 e. The van der Waals surface area contributed by atoms with Crippen molar-refractivity contribution < 1.29 is 4.79 Å². The summed E-state index contributed by atoms with van der Waals surface area (Å²) in [6, 6.07) is 0. The Morgan fingerprint density at radius 2 is 2.56 bits per heavy atom. The summed E-state index contributed by atoms with van der Waals surface area (Å²) in [6.45, 7) is 5.77. The lowest BCUT2D eigenvalue weighted by Crippen LogP contribution is -2.29. The van der Waals surface area contributed by atoms with E-state index in [1.54, 1.807) is 13.0 Å². The molecule has 2 nitrogen and oxygen atoms in total. The first-order valence-corrected chi connectivity index (χ1v) is 3.62. The third-order valence-electron chi connectivity index (χ3n) is 0.782. The highest BCUT2D eigenvalue weighted by Gasteiger charge is 2.04. The fraction of sp³-hybridized carbons (Fsp3) is 0.500. The van der Waals surface area contributed by atoms with E-state index in [1.807, 2.05) is 0 Å². The second kappa shape index (κ2) is 4.56. The van der Waals surface area contributed by atoms with Gasteiger partial charge in [-0.15, -0.1) is 6.58 Å². The second-order valence-corrected chi connectivity index (χ2v) is 3.02. The van der Waals surface area contributed by atoms with Crippen LogP contribution in [0.5, 0.6) is 0 Å². The van der Waals surface area contributed by atoms with E-state index >= 15 is 0 Å². The van der Waals surface area contributed by atoms with E-state index in [0.29, 0.717) is 6.54 Å². The van der Waals surface area contributed by atoms with Gasteiger partial charge in [-0.1, -0.05) is 22.0 Å². The molecule has 0 saturated carbocycles. The van der Waals surface area contributed by atoms with Crippen molar-refractivity contribution in [1.29, 1.82) is 0 Å². The van der Waals surface area contributed by atoms with Gasteiger partial charge in [0.1, 0.15) is 0 Å². The summed E-state index contributed by atoms with van der Waals surface area (Å²) < 4.78 is 0. The number of hydrogen-bond donors (Lipinski definition) is 1. The van der Waals surface area contributed by atoms with Gasteiger partial charge >= 0.3 is 0 Å². The van der Waals surface area contributed by atoms with Crippen LogP contribution in [0.3, 0.4) is 0 Å². The van der Waals surface area contributed by atoms with Crippen LogP contribution in [0, 0.1) is 0 Å². The van der Waals surface area contributed by atoms with Crippen LogP contribution in [-0.4, -0.2) is 17.3 Å². The summed E-state index contributed by atoms with van der Waals surface area (Å²) in [5.41, 5.74) is 0. The van der Waals surface area contributed by atoms with Crippen LogP contribution in [-0.2, 0) is 4.79 Å². The van der Waals surface area contributed by atoms with Crippen molar-refractivity contribution in [3.63, 3.8) is 0 Å². The molecule has 1 amide bonds. The topological polar surface area (TPSA) is 29.1 Å². The molecule has 0 saturated heterocycles. The third kappa shape index (κ3) is 4.21. The molecule has 9 heavy (non-hydrogen) atoms. The van der Waals surface area contributed by atoms with E-state index in [4.69, 9.17) is 0 Å². The predicted molar refractivity (Wildman–Crippen MR) is 41.6 cm³/mol. The number of carbonyl (C=O) groups is 1. The fourth-order valence-electron chi connectivity index (χ4n) is 0.313. The maximum Gasteiger partial charge on any atom is 0.233 e. The molecule has 0 fully saturated rings. The van der Waals surface area contributed by atoms with Crippen LogP contribution in [0.1, 0.15) is 6.92 Å². The maximum atomic E-state index is 10.7. The van der Waals surface area contributed by atoms with Crippen LogP contribution in [0.25, 0.3) is 0 Å². The lowest BCUT2D eigenvalue weighted by atomic mass is 10.4. The molecule has 0 aliphatic rings. The van der Waals surface area contributed by atoms with Gasteiger partial charge in [-0.3, -0.25) is 4.79 Å². The zero-order valence-electron chi connectivity index (χ0n) is 5.36. The van der Waals surface area contributed by atoms with Gasteiger partial charge in [-0.2, -0.15) is 0 Å². The van der Waals surface area contributed by atoms with E-state index in [1.165, 1.54) is 0 Å². The van der Waals surface area contributed by atoms with Crippen molar-refractivity contribution >= 4 is 21.8 Å². The van der Waals surface area contributed by atoms with Gasteiger partial charge in [0, 0.05) is 6.54 Å². The van der Waals surface area contributed by atoms with Crippen molar-refractivity contribution in [3.05, 3.63) is 12.7 Å². The SMILES string of the molecule is C=CCNC(=O)C(C)Br. The zero-order valence-corrected chi connectivity index (χ0v) is 6.94. The van der Waals surface area contributed by atoms with Crippen LogP contribution < -0.4 is 5.32 Å². The first kappa shape index (κ1) is 8.69. The van der Waals surface area contributed by atoms with Crippen molar-refractivity contribution in [2.75, 3.05) is 6.54 Å². The van der Waals surface area contributed by atoms with E-state index in [0.717, 1.165) is 0 Å². The molecule has 1 unspecified atom stereocenters. The van der Waals surface area contributed by atoms with E-state index in [9.17, 15) is 4.79 Å². The molecule has 1 atom stereocenters. The van der Waals surface area contributed by atoms with Gasteiger partial charge < -0.3 is 5.32 Å². The number of halogens is 1.